The molecule has 0 radical (unpaired) electrons. The summed E-state index contributed by atoms with van der Waals surface area (Å²) in [6, 6.07) is 6.80. The Morgan fingerprint density at radius 1 is 1.27 bits per heavy atom. The molecule has 2 rings (SSSR count). The molecule has 118 valence electrons. The van der Waals surface area contributed by atoms with Crippen LogP contribution < -0.4 is 14.8 Å². The zero-order valence-electron chi connectivity index (χ0n) is 13.3. The molecule has 1 heterocycles. The van der Waals surface area contributed by atoms with Crippen molar-refractivity contribution in [1.29, 1.82) is 0 Å². The number of methoxy groups -OCH3 is 2. The standard InChI is InChI=1S/C16H21N3O3/c1-5-19-7-6-15(18-19)11(2)17-16(20)12-8-13(21-3)10-14(9-12)22-4/h6-11H,5H2,1-4H3,(H,17,20). The fraction of sp³-hybridized carbons (Fsp3) is 0.375. The predicted octanol–water partition coefficient (Wildman–Crippen LogP) is 2.41. The minimum absolute atomic E-state index is 0.183. The maximum Gasteiger partial charge on any atom is 0.252 e. The van der Waals surface area contributed by atoms with Gasteiger partial charge in [-0.1, -0.05) is 0 Å². The van der Waals surface area contributed by atoms with Crippen molar-refractivity contribution < 1.29 is 14.3 Å². The molecule has 0 aliphatic heterocycles. The van der Waals surface area contributed by atoms with Gasteiger partial charge in [0, 0.05) is 24.4 Å². The van der Waals surface area contributed by atoms with Crippen molar-refractivity contribution >= 4 is 5.91 Å². The first-order valence-electron chi connectivity index (χ1n) is 7.14. The first-order valence-corrected chi connectivity index (χ1v) is 7.14. The van der Waals surface area contributed by atoms with Gasteiger partial charge in [0.15, 0.2) is 0 Å². The number of ether oxygens (including phenoxy) is 2. The second-order valence-corrected chi connectivity index (χ2v) is 4.89. The summed E-state index contributed by atoms with van der Waals surface area (Å²) in [5.41, 5.74) is 1.31. The summed E-state index contributed by atoms with van der Waals surface area (Å²) in [7, 11) is 3.10. The molecule has 1 N–H and O–H groups in total. The van der Waals surface area contributed by atoms with Crippen LogP contribution in [0.4, 0.5) is 0 Å². The van der Waals surface area contributed by atoms with Gasteiger partial charge in [-0.3, -0.25) is 9.48 Å². The Bertz CT molecular complexity index is 630. The average molecular weight is 303 g/mol. The molecule has 1 aromatic heterocycles. The molecule has 0 aliphatic carbocycles. The highest BCUT2D eigenvalue weighted by Crippen LogP contribution is 2.23. The molecular weight excluding hydrogens is 282 g/mol. The van der Waals surface area contributed by atoms with Crippen molar-refractivity contribution in [3.8, 4) is 11.5 Å². The Balaban J connectivity index is 2.14. The van der Waals surface area contributed by atoms with Gasteiger partial charge in [0.2, 0.25) is 0 Å². The Kier molecular flexibility index (Phi) is 5.04. The molecule has 6 nitrogen and oxygen atoms in total. The smallest absolute Gasteiger partial charge is 0.252 e. The van der Waals surface area contributed by atoms with E-state index < -0.39 is 0 Å². The number of rotatable bonds is 6. The molecule has 1 unspecified atom stereocenters. The van der Waals surface area contributed by atoms with Gasteiger partial charge in [-0.25, -0.2) is 0 Å². The second kappa shape index (κ2) is 6.98. The maximum absolute atomic E-state index is 12.4. The van der Waals surface area contributed by atoms with E-state index in [1.165, 1.54) is 0 Å². The van der Waals surface area contributed by atoms with Gasteiger partial charge < -0.3 is 14.8 Å². The summed E-state index contributed by atoms with van der Waals surface area (Å²) < 4.78 is 12.2. The van der Waals surface area contributed by atoms with Crippen LogP contribution in [0.2, 0.25) is 0 Å². The van der Waals surface area contributed by atoms with E-state index in [2.05, 4.69) is 10.4 Å². The Morgan fingerprint density at radius 3 is 2.41 bits per heavy atom. The number of aromatic nitrogens is 2. The van der Waals surface area contributed by atoms with Gasteiger partial charge in [-0.15, -0.1) is 0 Å². The molecule has 1 amide bonds. The molecule has 2 aromatic rings. The molecule has 0 saturated heterocycles. The highest BCUT2D eigenvalue weighted by atomic mass is 16.5. The number of carbonyl (C=O) groups excluding carboxylic acids is 1. The van der Waals surface area contributed by atoms with Crippen molar-refractivity contribution in [2.45, 2.75) is 26.4 Å². The maximum atomic E-state index is 12.4. The fourth-order valence-electron chi connectivity index (χ4n) is 2.08. The summed E-state index contributed by atoms with van der Waals surface area (Å²) >= 11 is 0. The quantitative estimate of drug-likeness (QED) is 0.890. The molecule has 0 bridgehead atoms. The fourth-order valence-corrected chi connectivity index (χ4v) is 2.08. The normalized spacial score (nSPS) is 11.8. The zero-order chi connectivity index (χ0) is 16.1. The van der Waals surface area contributed by atoms with Crippen molar-refractivity contribution in [3.63, 3.8) is 0 Å². The van der Waals surface area contributed by atoms with Crippen molar-refractivity contribution in [2.75, 3.05) is 14.2 Å². The van der Waals surface area contributed by atoms with Crippen molar-refractivity contribution in [2.24, 2.45) is 0 Å². The predicted molar refractivity (Wildman–Crippen MR) is 83.3 cm³/mol. The molecule has 0 fully saturated rings. The van der Waals surface area contributed by atoms with E-state index >= 15 is 0 Å². The number of hydrogen-bond donors (Lipinski definition) is 1. The summed E-state index contributed by atoms with van der Waals surface area (Å²) in [6.45, 7) is 4.72. The number of amides is 1. The van der Waals surface area contributed by atoms with E-state index in [1.807, 2.05) is 30.8 Å². The number of aryl methyl sites for hydroxylation is 1. The van der Waals surface area contributed by atoms with E-state index in [1.54, 1.807) is 32.4 Å². The molecule has 1 atom stereocenters. The lowest BCUT2D eigenvalue weighted by Gasteiger charge is -2.13. The summed E-state index contributed by atoms with van der Waals surface area (Å²) in [5.74, 6) is 0.954. The largest absolute Gasteiger partial charge is 0.497 e. The first kappa shape index (κ1) is 15.9. The monoisotopic (exact) mass is 303 g/mol. The molecule has 1 aromatic carbocycles. The van der Waals surface area contributed by atoms with Crippen LogP contribution >= 0.6 is 0 Å². The van der Waals surface area contributed by atoms with Crippen LogP contribution in [-0.2, 0) is 6.54 Å². The van der Waals surface area contributed by atoms with E-state index in [0.29, 0.717) is 17.1 Å². The Hall–Kier alpha value is -2.50. The third-order valence-electron chi connectivity index (χ3n) is 3.39. The van der Waals surface area contributed by atoms with Crippen LogP contribution in [0.5, 0.6) is 11.5 Å². The number of carbonyl (C=O) groups is 1. The van der Waals surface area contributed by atoms with Gasteiger partial charge in [0.1, 0.15) is 11.5 Å². The second-order valence-electron chi connectivity index (χ2n) is 4.89. The molecule has 0 aliphatic rings. The van der Waals surface area contributed by atoms with Gasteiger partial charge in [0.25, 0.3) is 5.91 Å². The van der Waals surface area contributed by atoms with E-state index in [-0.39, 0.29) is 11.9 Å². The third-order valence-corrected chi connectivity index (χ3v) is 3.39. The van der Waals surface area contributed by atoms with Gasteiger partial charge in [0.05, 0.1) is 26.0 Å². The molecular formula is C16H21N3O3. The van der Waals surface area contributed by atoms with Crippen LogP contribution in [0, 0.1) is 0 Å². The topological polar surface area (TPSA) is 65.4 Å². The van der Waals surface area contributed by atoms with E-state index in [4.69, 9.17) is 9.47 Å². The number of nitrogens with one attached hydrogen (secondary N) is 1. The Morgan fingerprint density at radius 2 is 1.91 bits per heavy atom. The summed E-state index contributed by atoms with van der Waals surface area (Å²) in [6.07, 6.45) is 1.90. The lowest BCUT2D eigenvalue weighted by atomic mass is 10.1. The van der Waals surface area contributed by atoms with Gasteiger partial charge in [-0.05, 0) is 32.0 Å². The molecule has 22 heavy (non-hydrogen) atoms. The van der Waals surface area contributed by atoms with Crippen LogP contribution in [0.3, 0.4) is 0 Å². The molecule has 6 heteroatoms. The SMILES string of the molecule is CCn1ccc(C(C)NC(=O)c2cc(OC)cc(OC)c2)n1. The van der Waals surface area contributed by atoms with Crippen molar-refractivity contribution in [3.05, 3.63) is 41.7 Å². The average Bonchev–Trinajstić information content (AvgIpc) is 3.03. The lowest BCUT2D eigenvalue weighted by Crippen LogP contribution is -2.27. The van der Waals surface area contributed by atoms with Gasteiger partial charge in [-0.2, -0.15) is 5.10 Å². The lowest BCUT2D eigenvalue weighted by molar-refractivity contribution is 0.0938. The number of hydrogen-bond acceptors (Lipinski definition) is 4. The number of nitrogens with zero attached hydrogens (tertiary/aromatic N) is 2. The van der Waals surface area contributed by atoms with Crippen LogP contribution in [0.1, 0.15) is 35.9 Å². The van der Waals surface area contributed by atoms with E-state index in [0.717, 1.165) is 12.2 Å². The van der Waals surface area contributed by atoms with Crippen molar-refractivity contribution in [1.82, 2.24) is 15.1 Å². The third kappa shape index (κ3) is 3.58. The van der Waals surface area contributed by atoms with Crippen LogP contribution in [0.15, 0.2) is 30.5 Å². The summed E-state index contributed by atoms with van der Waals surface area (Å²) in [5, 5.41) is 7.32. The van der Waals surface area contributed by atoms with Crippen LogP contribution in [-0.4, -0.2) is 29.9 Å². The van der Waals surface area contributed by atoms with Crippen LogP contribution in [0.25, 0.3) is 0 Å². The summed E-state index contributed by atoms with van der Waals surface area (Å²) in [4.78, 5) is 12.4. The van der Waals surface area contributed by atoms with Gasteiger partial charge >= 0.3 is 0 Å². The Labute approximate surface area is 130 Å². The molecule has 0 saturated carbocycles. The highest BCUT2D eigenvalue weighted by molar-refractivity contribution is 5.95. The minimum atomic E-state index is -0.198. The number of benzene rings is 1. The first-order chi connectivity index (χ1) is 10.6. The van der Waals surface area contributed by atoms with E-state index in [9.17, 15) is 4.79 Å². The zero-order valence-corrected chi connectivity index (χ0v) is 13.3. The molecule has 0 spiro atoms. The highest BCUT2D eigenvalue weighted by Gasteiger charge is 2.15. The minimum Gasteiger partial charge on any atom is -0.497 e.